The molecule has 1 aliphatic rings. The first-order valence-corrected chi connectivity index (χ1v) is 9.19. The number of carbonyl (C=O) groups is 1. The molecule has 1 heterocycles. The summed E-state index contributed by atoms with van der Waals surface area (Å²) in [6, 6.07) is 18.6. The third-order valence-electron chi connectivity index (χ3n) is 4.92. The highest BCUT2D eigenvalue weighted by Gasteiger charge is 2.22. The van der Waals surface area contributed by atoms with Crippen LogP contribution in [0, 0.1) is 18.3 Å². The molecule has 0 spiro atoms. The molecule has 1 fully saturated rings. The number of piperidine rings is 1. The lowest BCUT2D eigenvalue weighted by Crippen LogP contribution is -2.40. The van der Waals surface area contributed by atoms with Crippen molar-refractivity contribution < 1.29 is 9.53 Å². The fraction of sp³-hybridized carbons (Fsp3) is 0.348. The lowest BCUT2D eigenvalue weighted by Gasteiger charge is -2.32. The normalized spacial score (nSPS) is 14.8. The number of rotatable bonds is 6. The van der Waals surface area contributed by atoms with Crippen molar-refractivity contribution in [1.82, 2.24) is 4.90 Å². The van der Waals surface area contributed by atoms with E-state index in [0.29, 0.717) is 25.6 Å². The van der Waals surface area contributed by atoms with Gasteiger partial charge in [-0.1, -0.05) is 60.5 Å². The monoisotopic (exact) mass is 347 g/mol. The molecule has 0 aromatic heterocycles. The molecular weight excluding hydrogens is 322 g/mol. The van der Waals surface area contributed by atoms with Crippen LogP contribution >= 0.6 is 0 Å². The fourth-order valence-electron chi connectivity index (χ4n) is 3.37. The molecule has 0 aliphatic carbocycles. The van der Waals surface area contributed by atoms with Crippen molar-refractivity contribution >= 4 is 5.91 Å². The second-order valence-electron chi connectivity index (χ2n) is 6.78. The highest BCUT2D eigenvalue weighted by molar-refractivity contribution is 5.79. The summed E-state index contributed by atoms with van der Waals surface area (Å²) < 4.78 is 5.42. The van der Waals surface area contributed by atoms with Crippen molar-refractivity contribution in [3.63, 3.8) is 0 Å². The molecule has 134 valence electrons. The predicted molar refractivity (Wildman–Crippen MR) is 105 cm³/mol. The van der Waals surface area contributed by atoms with E-state index in [1.54, 1.807) is 0 Å². The van der Waals surface area contributed by atoms with Crippen molar-refractivity contribution in [3.05, 3.63) is 60.2 Å². The summed E-state index contributed by atoms with van der Waals surface area (Å²) in [6.45, 7) is 2.70. The van der Waals surface area contributed by atoms with Crippen molar-refractivity contribution in [2.75, 3.05) is 26.3 Å². The van der Waals surface area contributed by atoms with Gasteiger partial charge in [0.15, 0.2) is 0 Å². The van der Waals surface area contributed by atoms with E-state index in [9.17, 15) is 4.79 Å². The van der Waals surface area contributed by atoms with Gasteiger partial charge in [-0.2, -0.15) is 0 Å². The molecule has 2 aromatic rings. The van der Waals surface area contributed by atoms with Crippen LogP contribution in [0.4, 0.5) is 0 Å². The zero-order chi connectivity index (χ0) is 18.2. The number of likely N-dealkylation sites (tertiary alicyclic amines) is 1. The number of terminal acetylenes is 1. The van der Waals surface area contributed by atoms with Crippen LogP contribution in [0.15, 0.2) is 54.6 Å². The zero-order valence-corrected chi connectivity index (χ0v) is 15.1. The smallest absolute Gasteiger partial charge is 0.226 e. The molecule has 3 nitrogen and oxygen atoms in total. The lowest BCUT2D eigenvalue weighted by molar-refractivity contribution is -0.132. The van der Waals surface area contributed by atoms with E-state index in [-0.39, 0.29) is 5.91 Å². The summed E-state index contributed by atoms with van der Waals surface area (Å²) in [4.78, 5) is 14.5. The molecule has 2 aromatic carbocycles. The Kier molecular flexibility index (Phi) is 6.46. The molecule has 0 unspecified atom stereocenters. The van der Waals surface area contributed by atoms with Gasteiger partial charge in [0, 0.05) is 13.1 Å². The number of hydrogen-bond acceptors (Lipinski definition) is 2. The minimum Gasteiger partial charge on any atom is -0.369 e. The van der Waals surface area contributed by atoms with E-state index < -0.39 is 0 Å². The van der Waals surface area contributed by atoms with Gasteiger partial charge < -0.3 is 9.64 Å². The Morgan fingerprint density at radius 3 is 2.35 bits per heavy atom. The first-order chi connectivity index (χ1) is 12.8. The average Bonchev–Trinajstić information content (AvgIpc) is 2.70. The third kappa shape index (κ3) is 4.97. The maximum absolute atomic E-state index is 12.6. The van der Waals surface area contributed by atoms with Gasteiger partial charge in [-0.05, 0) is 35.4 Å². The molecule has 1 saturated heterocycles. The molecule has 0 bridgehead atoms. The van der Waals surface area contributed by atoms with Crippen molar-refractivity contribution in [3.8, 4) is 23.5 Å². The Hall–Kier alpha value is -2.57. The predicted octanol–water partition coefficient (Wildman–Crippen LogP) is 3.78. The summed E-state index contributed by atoms with van der Waals surface area (Å²) in [7, 11) is 0. The minimum absolute atomic E-state index is 0.209. The van der Waals surface area contributed by atoms with E-state index in [4.69, 9.17) is 11.2 Å². The molecule has 1 amide bonds. The van der Waals surface area contributed by atoms with Crippen molar-refractivity contribution in [1.29, 1.82) is 0 Å². The number of benzene rings is 2. The summed E-state index contributed by atoms with van der Waals surface area (Å²) in [5.41, 5.74) is 3.43. The molecule has 3 heteroatoms. The average molecular weight is 347 g/mol. The largest absolute Gasteiger partial charge is 0.369 e. The van der Waals surface area contributed by atoms with Crippen LogP contribution < -0.4 is 0 Å². The van der Waals surface area contributed by atoms with Gasteiger partial charge in [0.1, 0.15) is 6.61 Å². The van der Waals surface area contributed by atoms with Crippen LogP contribution in [0.1, 0.15) is 18.4 Å². The van der Waals surface area contributed by atoms with Crippen molar-refractivity contribution in [2.24, 2.45) is 5.92 Å². The summed E-state index contributed by atoms with van der Waals surface area (Å²) in [5.74, 6) is 3.21. The molecular formula is C23H25NO2. The van der Waals surface area contributed by atoms with E-state index in [2.05, 4.69) is 42.3 Å². The summed E-state index contributed by atoms with van der Waals surface area (Å²) >= 11 is 0. The van der Waals surface area contributed by atoms with Gasteiger partial charge >= 0.3 is 0 Å². The van der Waals surface area contributed by atoms with Crippen LogP contribution in [-0.2, 0) is 16.0 Å². The Morgan fingerprint density at radius 2 is 1.69 bits per heavy atom. The van der Waals surface area contributed by atoms with Gasteiger partial charge in [0.05, 0.1) is 13.0 Å². The third-order valence-corrected chi connectivity index (χ3v) is 4.92. The maximum atomic E-state index is 12.6. The van der Waals surface area contributed by atoms with Crippen LogP contribution in [0.5, 0.6) is 0 Å². The Bertz CT molecular complexity index is 738. The van der Waals surface area contributed by atoms with Gasteiger partial charge in [0.2, 0.25) is 5.91 Å². The first kappa shape index (κ1) is 18.2. The van der Waals surface area contributed by atoms with Crippen LogP contribution in [0.3, 0.4) is 0 Å². The number of nitrogens with zero attached hydrogens (tertiary/aromatic N) is 1. The van der Waals surface area contributed by atoms with Crippen molar-refractivity contribution in [2.45, 2.75) is 19.3 Å². The number of carbonyl (C=O) groups excluding carboxylic acids is 1. The van der Waals surface area contributed by atoms with Crippen LogP contribution in [0.25, 0.3) is 11.1 Å². The fourth-order valence-corrected chi connectivity index (χ4v) is 3.37. The Labute approximate surface area is 156 Å². The second kappa shape index (κ2) is 9.22. The Morgan fingerprint density at radius 1 is 1.04 bits per heavy atom. The SMILES string of the molecule is C#CCOCC1CCN(C(=O)Cc2ccc(-c3ccccc3)cc2)CC1. The molecule has 26 heavy (non-hydrogen) atoms. The second-order valence-corrected chi connectivity index (χ2v) is 6.78. The molecule has 3 rings (SSSR count). The minimum atomic E-state index is 0.209. The maximum Gasteiger partial charge on any atom is 0.226 e. The van der Waals surface area contributed by atoms with Gasteiger partial charge in [0.25, 0.3) is 0 Å². The van der Waals surface area contributed by atoms with Crippen LogP contribution in [0.2, 0.25) is 0 Å². The molecule has 0 atom stereocenters. The molecule has 0 saturated carbocycles. The lowest BCUT2D eigenvalue weighted by atomic mass is 9.97. The zero-order valence-electron chi connectivity index (χ0n) is 15.1. The van der Waals surface area contributed by atoms with E-state index >= 15 is 0 Å². The summed E-state index contributed by atoms with van der Waals surface area (Å²) in [6.07, 6.45) is 7.64. The topological polar surface area (TPSA) is 29.5 Å². The highest BCUT2D eigenvalue weighted by atomic mass is 16.5. The Balaban J connectivity index is 1.49. The van der Waals surface area contributed by atoms with E-state index in [1.807, 2.05) is 23.1 Å². The number of hydrogen-bond donors (Lipinski definition) is 0. The van der Waals surface area contributed by atoms with E-state index in [0.717, 1.165) is 31.5 Å². The van der Waals surface area contributed by atoms with E-state index in [1.165, 1.54) is 11.1 Å². The summed E-state index contributed by atoms with van der Waals surface area (Å²) in [5, 5.41) is 0. The molecule has 0 N–H and O–H groups in total. The first-order valence-electron chi connectivity index (χ1n) is 9.19. The number of ether oxygens (including phenoxy) is 1. The molecule has 1 aliphatic heterocycles. The van der Waals surface area contributed by atoms with Crippen LogP contribution in [-0.4, -0.2) is 37.1 Å². The van der Waals surface area contributed by atoms with Gasteiger partial charge in [-0.15, -0.1) is 6.42 Å². The quantitative estimate of drug-likeness (QED) is 0.588. The number of amides is 1. The van der Waals surface area contributed by atoms with Gasteiger partial charge in [-0.3, -0.25) is 4.79 Å². The van der Waals surface area contributed by atoms with Gasteiger partial charge in [-0.25, -0.2) is 0 Å². The highest BCUT2D eigenvalue weighted by Crippen LogP contribution is 2.21. The molecule has 0 radical (unpaired) electrons. The standard InChI is InChI=1S/C23H25NO2/c1-2-16-26-18-20-12-14-24(15-13-20)23(25)17-19-8-10-22(11-9-19)21-6-4-3-5-7-21/h1,3-11,20H,12-18H2.